The normalized spacial score (nSPS) is 47.1. The highest BCUT2D eigenvalue weighted by Crippen LogP contribution is 2.77. The number of methoxy groups -OCH3 is 1. The maximum atomic E-state index is 14.1. The van der Waals surface area contributed by atoms with Crippen LogP contribution < -0.4 is 5.32 Å². The van der Waals surface area contributed by atoms with Gasteiger partial charge < -0.3 is 10.1 Å². The molecular formula is C34H53NO4. The predicted molar refractivity (Wildman–Crippen MR) is 154 cm³/mol. The first-order chi connectivity index (χ1) is 18.1. The molecule has 5 fully saturated rings. The number of carbonyl (C=O) groups excluding carboxylic acids is 3. The number of carbonyl (C=O) groups is 3. The van der Waals surface area contributed by atoms with Crippen molar-refractivity contribution in [2.24, 2.45) is 56.7 Å². The molecule has 3 unspecified atom stereocenters. The van der Waals surface area contributed by atoms with Gasteiger partial charge in [-0.15, -0.1) is 0 Å². The van der Waals surface area contributed by atoms with Crippen LogP contribution in [-0.4, -0.2) is 30.8 Å². The number of fused-ring (bicyclic) bond motifs is 7. The van der Waals surface area contributed by atoms with Gasteiger partial charge in [-0.1, -0.05) is 46.8 Å². The molecule has 0 aliphatic heterocycles. The molecule has 5 saturated carbocycles. The summed E-state index contributed by atoms with van der Waals surface area (Å²) in [4.78, 5) is 39.3. The Hall–Kier alpha value is -1.65. The van der Waals surface area contributed by atoms with Crippen molar-refractivity contribution in [1.29, 1.82) is 0 Å². The van der Waals surface area contributed by atoms with E-state index in [9.17, 15) is 14.4 Å². The molecule has 0 aromatic rings. The summed E-state index contributed by atoms with van der Waals surface area (Å²) < 4.78 is 4.93. The fraction of sp³-hybridized carbons (Fsp3) is 0.853. The third-order valence-corrected chi connectivity index (χ3v) is 14.2. The number of amides is 1. The topological polar surface area (TPSA) is 72.5 Å². The summed E-state index contributed by atoms with van der Waals surface area (Å²) in [6.45, 7) is 20.4. The van der Waals surface area contributed by atoms with E-state index in [1.807, 2.05) is 0 Å². The van der Waals surface area contributed by atoms with E-state index in [-0.39, 0.29) is 33.5 Å². The number of ether oxygens (including phenoxy) is 1. The van der Waals surface area contributed by atoms with Gasteiger partial charge in [0.15, 0.2) is 0 Å². The molecule has 1 N–H and O–H groups in total. The van der Waals surface area contributed by atoms with Crippen LogP contribution in [-0.2, 0) is 19.1 Å². The smallest absolute Gasteiger partial charge is 0.328 e. The lowest BCUT2D eigenvalue weighted by atomic mass is 9.32. The van der Waals surface area contributed by atoms with E-state index in [1.54, 1.807) is 6.92 Å². The third kappa shape index (κ3) is 3.72. The number of ketones is 1. The lowest BCUT2D eigenvalue weighted by molar-refractivity contribution is -0.233. The van der Waals surface area contributed by atoms with E-state index in [2.05, 4.69) is 53.4 Å². The minimum Gasteiger partial charge on any atom is -0.467 e. The van der Waals surface area contributed by atoms with Gasteiger partial charge in [0.2, 0.25) is 5.91 Å². The molecule has 5 aliphatic rings. The van der Waals surface area contributed by atoms with Crippen LogP contribution in [0.15, 0.2) is 12.2 Å². The SMILES string of the molecule is C=C(C)[C@@H]1CC[C@]2(C(=O)N[C@@H](C)C(=O)OC)CC[C@@]3(C)C(CC[C@@H]4[C@@]5(C)CCC(=O)C(C)(C)C5CC[C@]43C)C12. The Morgan fingerprint density at radius 2 is 1.62 bits per heavy atom. The fourth-order valence-corrected chi connectivity index (χ4v) is 11.9. The van der Waals surface area contributed by atoms with Gasteiger partial charge in [-0.25, -0.2) is 4.79 Å². The van der Waals surface area contributed by atoms with Crippen molar-refractivity contribution in [2.75, 3.05) is 7.11 Å². The lowest BCUT2D eigenvalue weighted by Gasteiger charge is -2.72. The van der Waals surface area contributed by atoms with E-state index in [1.165, 1.54) is 25.5 Å². The second-order valence-electron chi connectivity index (χ2n) is 15.7. The monoisotopic (exact) mass is 539 g/mol. The minimum absolute atomic E-state index is 0.0479. The molecule has 1 amide bonds. The van der Waals surface area contributed by atoms with Gasteiger partial charge in [-0.2, -0.15) is 0 Å². The van der Waals surface area contributed by atoms with Gasteiger partial charge >= 0.3 is 5.97 Å². The average molecular weight is 540 g/mol. The number of hydrogen-bond acceptors (Lipinski definition) is 4. The fourth-order valence-electron chi connectivity index (χ4n) is 11.9. The predicted octanol–water partition coefficient (Wildman–Crippen LogP) is 6.89. The van der Waals surface area contributed by atoms with Crippen LogP contribution in [0.2, 0.25) is 0 Å². The molecule has 0 spiro atoms. The Kier molecular flexibility index (Phi) is 6.79. The number of allylic oxidation sites excluding steroid dienone is 1. The van der Waals surface area contributed by atoms with Crippen molar-refractivity contribution in [3.8, 4) is 0 Å². The Labute approximate surface area is 236 Å². The van der Waals surface area contributed by atoms with Gasteiger partial charge in [0, 0.05) is 11.8 Å². The summed E-state index contributed by atoms with van der Waals surface area (Å²) in [6, 6.07) is -0.643. The second kappa shape index (κ2) is 9.18. The van der Waals surface area contributed by atoms with Crippen molar-refractivity contribution in [2.45, 2.75) is 119 Å². The maximum absolute atomic E-state index is 14.1. The zero-order chi connectivity index (χ0) is 28.8. The van der Waals surface area contributed by atoms with E-state index in [0.29, 0.717) is 29.5 Å². The largest absolute Gasteiger partial charge is 0.467 e. The zero-order valence-electron chi connectivity index (χ0n) is 25.9. The van der Waals surface area contributed by atoms with Gasteiger partial charge in [-0.3, -0.25) is 9.59 Å². The molecule has 0 aromatic heterocycles. The number of nitrogens with one attached hydrogen (secondary N) is 1. The molecule has 39 heavy (non-hydrogen) atoms. The van der Waals surface area contributed by atoms with Gasteiger partial charge in [0.25, 0.3) is 0 Å². The van der Waals surface area contributed by atoms with Crippen LogP contribution in [0.1, 0.15) is 113 Å². The molecule has 10 atom stereocenters. The van der Waals surface area contributed by atoms with Crippen molar-refractivity contribution >= 4 is 17.7 Å². The van der Waals surface area contributed by atoms with Crippen LogP contribution in [0.4, 0.5) is 0 Å². The summed E-state index contributed by atoms with van der Waals surface area (Å²) in [6.07, 6.45) is 10.2. The van der Waals surface area contributed by atoms with E-state index >= 15 is 0 Å². The first-order valence-corrected chi connectivity index (χ1v) is 15.7. The molecule has 0 heterocycles. The molecule has 0 bridgehead atoms. The Morgan fingerprint density at radius 1 is 0.923 bits per heavy atom. The van der Waals surface area contributed by atoms with E-state index < -0.39 is 17.4 Å². The molecule has 5 aliphatic carbocycles. The highest BCUT2D eigenvalue weighted by atomic mass is 16.5. The highest BCUT2D eigenvalue weighted by Gasteiger charge is 2.72. The molecule has 5 nitrogen and oxygen atoms in total. The van der Waals surface area contributed by atoms with E-state index in [0.717, 1.165) is 51.4 Å². The molecule has 0 saturated heterocycles. The van der Waals surface area contributed by atoms with Crippen molar-refractivity contribution in [3.63, 3.8) is 0 Å². The Morgan fingerprint density at radius 3 is 2.26 bits per heavy atom. The first kappa shape index (κ1) is 28.9. The summed E-state index contributed by atoms with van der Waals surface area (Å²) >= 11 is 0. The first-order valence-electron chi connectivity index (χ1n) is 15.7. The Balaban J connectivity index is 1.52. The average Bonchev–Trinajstić information content (AvgIpc) is 3.28. The summed E-state index contributed by atoms with van der Waals surface area (Å²) in [5.41, 5.74) is 1.02. The molecule has 5 rings (SSSR count). The number of hydrogen-bond donors (Lipinski definition) is 1. The quantitative estimate of drug-likeness (QED) is 0.312. The standard InChI is InChI=1S/C34H53NO4/c1-20(2)22-12-17-34(29(38)35-21(3)28(37)39-9)19-18-32(7)23(27(22)34)10-11-25-31(6)15-14-26(36)30(4,5)24(31)13-16-33(25,32)8/h21-25,27H,1,10-19H2,2-9H3,(H,35,38)/t21-,22-,23?,24?,25+,27?,31-,32-,33+,34-/m0/s1. The molecule has 0 aromatic carbocycles. The van der Waals surface area contributed by atoms with Crippen LogP contribution in [0.25, 0.3) is 0 Å². The van der Waals surface area contributed by atoms with Gasteiger partial charge in [-0.05, 0) is 117 Å². The van der Waals surface area contributed by atoms with Crippen LogP contribution in [0.3, 0.4) is 0 Å². The third-order valence-electron chi connectivity index (χ3n) is 14.2. The van der Waals surface area contributed by atoms with Crippen LogP contribution in [0.5, 0.6) is 0 Å². The molecule has 0 radical (unpaired) electrons. The van der Waals surface area contributed by atoms with Crippen LogP contribution in [0, 0.1) is 56.7 Å². The zero-order valence-corrected chi connectivity index (χ0v) is 25.9. The molecular weight excluding hydrogens is 486 g/mol. The Bertz CT molecular complexity index is 1080. The summed E-state index contributed by atoms with van der Waals surface area (Å²) in [5.74, 6) is 2.21. The van der Waals surface area contributed by atoms with E-state index in [4.69, 9.17) is 4.74 Å². The summed E-state index contributed by atoms with van der Waals surface area (Å²) in [7, 11) is 1.38. The van der Waals surface area contributed by atoms with Crippen LogP contribution >= 0.6 is 0 Å². The van der Waals surface area contributed by atoms with Gasteiger partial charge in [0.1, 0.15) is 11.8 Å². The molecule has 5 heteroatoms. The van der Waals surface area contributed by atoms with Gasteiger partial charge in [0.05, 0.1) is 12.5 Å². The molecule has 218 valence electrons. The number of rotatable bonds is 4. The second-order valence-corrected chi connectivity index (χ2v) is 15.7. The van der Waals surface area contributed by atoms with Crippen molar-refractivity contribution < 1.29 is 19.1 Å². The maximum Gasteiger partial charge on any atom is 0.328 e. The number of esters is 1. The summed E-state index contributed by atoms with van der Waals surface area (Å²) in [5, 5.41) is 3.08. The number of Topliss-reactive ketones (excluding diaryl/α,β-unsaturated/α-hetero) is 1. The highest BCUT2D eigenvalue weighted by molar-refractivity contribution is 5.88. The lowest BCUT2D eigenvalue weighted by Crippen LogP contribution is -2.67. The minimum atomic E-state index is -0.643. The van der Waals surface area contributed by atoms with Crippen molar-refractivity contribution in [3.05, 3.63) is 12.2 Å². The van der Waals surface area contributed by atoms with Crippen molar-refractivity contribution in [1.82, 2.24) is 5.32 Å².